The molecule has 1 aromatic carbocycles. The lowest BCUT2D eigenvalue weighted by Crippen LogP contribution is -2.58. The van der Waals surface area contributed by atoms with Crippen LogP contribution in [0, 0.1) is 0 Å². The standard InChI is InChI=1S/C30H41N3O5/c34-28(37-25-5-3-6-25)32-18-21-4-1-2-7-27(21)30(20-32)11-13-31(14-12-30)24-16-22-8-9-23(17-24)33(22)29(35)38-26-10-15-36-19-26/h1-2,4,7,22-26H,3,5-6,8-20H2/t22?,23?,24?,26-/m0/s1. The summed E-state index contributed by atoms with van der Waals surface area (Å²) in [6.45, 7) is 4.70. The Hall–Kier alpha value is -2.32. The molecular formula is C30H41N3O5. The lowest BCUT2D eigenvalue weighted by Gasteiger charge is -2.51. The topological polar surface area (TPSA) is 71.6 Å². The molecule has 0 N–H and O–H groups in total. The summed E-state index contributed by atoms with van der Waals surface area (Å²) in [6.07, 6.45) is 10.1. The number of nitrogens with zero attached hydrogens (tertiary/aromatic N) is 3. The van der Waals surface area contributed by atoms with Gasteiger partial charge in [0.05, 0.1) is 13.2 Å². The van der Waals surface area contributed by atoms with Crippen LogP contribution in [0.3, 0.4) is 0 Å². The Balaban J connectivity index is 1.00. The van der Waals surface area contributed by atoms with E-state index in [1.165, 1.54) is 11.1 Å². The molecule has 5 fully saturated rings. The fourth-order valence-corrected chi connectivity index (χ4v) is 8.02. The number of piperidine rings is 2. The molecule has 0 aromatic heterocycles. The molecule has 1 saturated carbocycles. The van der Waals surface area contributed by atoms with E-state index >= 15 is 0 Å². The summed E-state index contributed by atoms with van der Waals surface area (Å²) in [6, 6.07) is 9.82. The summed E-state index contributed by atoms with van der Waals surface area (Å²) in [4.78, 5) is 32.8. The maximum atomic E-state index is 13.1. The molecule has 1 aliphatic carbocycles. The van der Waals surface area contributed by atoms with Crippen LogP contribution < -0.4 is 0 Å². The first-order valence-corrected chi connectivity index (χ1v) is 14.9. The minimum Gasteiger partial charge on any atom is -0.446 e. The van der Waals surface area contributed by atoms with Crippen molar-refractivity contribution in [2.45, 2.75) is 107 Å². The van der Waals surface area contributed by atoms with Crippen molar-refractivity contribution in [3.05, 3.63) is 35.4 Å². The highest BCUT2D eigenvalue weighted by Gasteiger charge is 2.49. The van der Waals surface area contributed by atoms with Crippen molar-refractivity contribution >= 4 is 12.2 Å². The Labute approximate surface area is 225 Å². The first kappa shape index (κ1) is 24.7. The predicted molar refractivity (Wildman–Crippen MR) is 141 cm³/mol. The van der Waals surface area contributed by atoms with E-state index in [4.69, 9.17) is 14.2 Å². The van der Waals surface area contributed by atoms with Gasteiger partial charge in [-0.2, -0.15) is 0 Å². The van der Waals surface area contributed by atoms with E-state index in [9.17, 15) is 9.59 Å². The number of benzene rings is 1. The molecule has 2 unspecified atom stereocenters. The number of carbonyl (C=O) groups excluding carboxylic acids is 2. The van der Waals surface area contributed by atoms with Gasteiger partial charge in [-0.1, -0.05) is 24.3 Å². The molecule has 1 spiro atoms. The molecule has 206 valence electrons. The minimum atomic E-state index is -0.133. The van der Waals surface area contributed by atoms with E-state index in [0.29, 0.717) is 25.8 Å². The molecule has 6 aliphatic rings. The van der Waals surface area contributed by atoms with Crippen LogP contribution >= 0.6 is 0 Å². The van der Waals surface area contributed by atoms with Crippen molar-refractivity contribution in [2.24, 2.45) is 0 Å². The third-order valence-corrected chi connectivity index (χ3v) is 10.4. The van der Waals surface area contributed by atoms with Crippen LogP contribution in [0.1, 0.15) is 75.3 Å². The molecule has 5 aliphatic heterocycles. The summed E-state index contributed by atoms with van der Waals surface area (Å²) < 4.78 is 17.0. The first-order valence-electron chi connectivity index (χ1n) is 14.9. The summed E-state index contributed by atoms with van der Waals surface area (Å²) in [5.74, 6) is 0. The second-order valence-corrected chi connectivity index (χ2v) is 12.6. The van der Waals surface area contributed by atoms with Crippen LogP contribution in [0.2, 0.25) is 0 Å². The van der Waals surface area contributed by atoms with Crippen molar-refractivity contribution in [2.75, 3.05) is 32.8 Å². The fourth-order valence-electron chi connectivity index (χ4n) is 8.02. The maximum absolute atomic E-state index is 13.1. The van der Waals surface area contributed by atoms with E-state index < -0.39 is 0 Å². The Morgan fingerprint density at radius 1 is 0.868 bits per heavy atom. The zero-order chi connectivity index (χ0) is 25.7. The van der Waals surface area contributed by atoms with Crippen LogP contribution in [0.25, 0.3) is 0 Å². The number of rotatable bonds is 3. The van der Waals surface area contributed by atoms with Crippen molar-refractivity contribution in [1.29, 1.82) is 0 Å². The second-order valence-electron chi connectivity index (χ2n) is 12.6. The quantitative estimate of drug-likeness (QED) is 0.583. The van der Waals surface area contributed by atoms with Gasteiger partial charge in [-0.15, -0.1) is 0 Å². The average Bonchev–Trinajstić information content (AvgIpc) is 3.51. The molecule has 8 heteroatoms. The zero-order valence-corrected chi connectivity index (χ0v) is 22.4. The third kappa shape index (κ3) is 4.47. The van der Waals surface area contributed by atoms with Crippen LogP contribution in [0.4, 0.5) is 9.59 Å². The Bertz CT molecular complexity index is 1030. The molecule has 2 bridgehead atoms. The van der Waals surface area contributed by atoms with Gasteiger partial charge >= 0.3 is 12.2 Å². The molecule has 5 heterocycles. The van der Waals surface area contributed by atoms with Crippen LogP contribution in [-0.2, 0) is 26.2 Å². The number of amides is 2. The highest BCUT2D eigenvalue weighted by molar-refractivity contribution is 5.70. The van der Waals surface area contributed by atoms with E-state index in [0.717, 1.165) is 83.8 Å². The van der Waals surface area contributed by atoms with Gasteiger partial charge in [0.15, 0.2) is 0 Å². The number of hydrogen-bond donors (Lipinski definition) is 0. The van der Waals surface area contributed by atoms with E-state index in [-0.39, 0.29) is 41.9 Å². The molecule has 2 amide bonds. The fraction of sp³-hybridized carbons (Fsp3) is 0.733. The van der Waals surface area contributed by atoms with E-state index in [1.807, 2.05) is 4.90 Å². The summed E-state index contributed by atoms with van der Waals surface area (Å²) in [7, 11) is 0. The second kappa shape index (κ2) is 10.0. The summed E-state index contributed by atoms with van der Waals surface area (Å²) >= 11 is 0. The molecular weight excluding hydrogens is 482 g/mol. The van der Waals surface area contributed by atoms with Gasteiger partial charge in [-0.25, -0.2) is 9.59 Å². The lowest BCUT2D eigenvalue weighted by atomic mass is 9.68. The number of fused-ring (bicyclic) bond motifs is 4. The Morgan fingerprint density at radius 3 is 2.29 bits per heavy atom. The van der Waals surface area contributed by atoms with Crippen LogP contribution in [0.15, 0.2) is 24.3 Å². The van der Waals surface area contributed by atoms with Gasteiger partial charge in [0.2, 0.25) is 0 Å². The first-order chi connectivity index (χ1) is 18.6. The van der Waals surface area contributed by atoms with Crippen molar-refractivity contribution in [3.8, 4) is 0 Å². The number of carbonyl (C=O) groups is 2. The monoisotopic (exact) mass is 523 g/mol. The highest BCUT2D eigenvalue weighted by Crippen LogP contribution is 2.45. The van der Waals surface area contributed by atoms with Crippen LogP contribution in [-0.4, -0.2) is 90.1 Å². The average molecular weight is 524 g/mol. The molecule has 8 nitrogen and oxygen atoms in total. The molecule has 38 heavy (non-hydrogen) atoms. The molecule has 1 aromatic rings. The maximum Gasteiger partial charge on any atom is 0.410 e. The van der Waals surface area contributed by atoms with Crippen molar-refractivity contribution in [3.63, 3.8) is 0 Å². The largest absolute Gasteiger partial charge is 0.446 e. The van der Waals surface area contributed by atoms with Gasteiger partial charge in [-0.3, -0.25) is 0 Å². The number of ether oxygens (including phenoxy) is 3. The van der Waals surface area contributed by atoms with Crippen molar-refractivity contribution < 1.29 is 23.8 Å². The Morgan fingerprint density at radius 2 is 1.61 bits per heavy atom. The highest BCUT2D eigenvalue weighted by atomic mass is 16.6. The zero-order valence-electron chi connectivity index (χ0n) is 22.4. The van der Waals surface area contributed by atoms with Gasteiger partial charge in [-0.05, 0) is 82.0 Å². The summed E-state index contributed by atoms with van der Waals surface area (Å²) in [5.41, 5.74) is 2.70. The molecule has 3 atom stereocenters. The molecule has 7 rings (SSSR count). The SMILES string of the molecule is O=C(OC1CCC1)N1Cc2ccccc2C2(CCN(C3CC4CCC(C3)N4C(=O)O[C@H]3CCOC3)CC2)C1. The van der Waals surface area contributed by atoms with Gasteiger partial charge in [0.1, 0.15) is 12.2 Å². The third-order valence-electron chi connectivity index (χ3n) is 10.4. The summed E-state index contributed by atoms with van der Waals surface area (Å²) in [5, 5.41) is 0. The van der Waals surface area contributed by atoms with Crippen LogP contribution in [0.5, 0.6) is 0 Å². The molecule has 4 saturated heterocycles. The Kier molecular flexibility index (Phi) is 6.51. The lowest BCUT2D eigenvalue weighted by molar-refractivity contribution is -0.00182. The van der Waals surface area contributed by atoms with E-state index in [1.54, 1.807) is 0 Å². The van der Waals surface area contributed by atoms with Gasteiger partial charge in [0.25, 0.3) is 0 Å². The van der Waals surface area contributed by atoms with Crippen molar-refractivity contribution in [1.82, 2.24) is 14.7 Å². The smallest absolute Gasteiger partial charge is 0.410 e. The van der Waals surface area contributed by atoms with E-state index in [2.05, 4.69) is 34.1 Å². The van der Waals surface area contributed by atoms with Gasteiger partial charge < -0.3 is 28.9 Å². The van der Waals surface area contributed by atoms with Gasteiger partial charge in [0, 0.05) is 43.1 Å². The number of hydrogen-bond acceptors (Lipinski definition) is 6. The predicted octanol–water partition coefficient (Wildman–Crippen LogP) is 4.45. The normalized spacial score (nSPS) is 32.6. The minimum absolute atomic E-state index is 0.00315. The number of likely N-dealkylation sites (tertiary alicyclic amines) is 1. The molecule has 0 radical (unpaired) electrons.